The standard InChI is InChI=1S/C23H44O3Si2/c1-12-13-18(16-25-27(8,9)22(2,3)4)21-19(14-15-20(21)24)17-26-28(10,11)23(5,6)7/h12-13,17,20,24H,14-16H2,1-11H3/b13-12-,19-17+,21-18-. The number of allylic oxidation sites excluding steroid dienone is 1. The quantitative estimate of drug-likeness (QED) is 0.370. The first-order valence-electron chi connectivity index (χ1n) is 10.6. The Hall–Kier alpha value is -0.626. The van der Waals surface area contributed by atoms with Crippen LogP contribution in [0.3, 0.4) is 0 Å². The van der Waals surface area contributed by atoms with Crippen LogP contribution in [0.25, 0.3) is 0 Å². The Bertz CT molecular complexity index is 629. The van der Waals surface area contributed by atoms with Crippen LogP contribution in [0.4, 0.5) is 0 Å². The molecule has 0 aromatic rings. The van der Waals surface area contributed by atoms with Crippen molar-refractivity contribution in [3.05, 3.63) is 35.1 Å². The average molecular weight is 425 g/mol. The summed E-state index contributed by atoms with van der Waals surface area (Å²) >= 11 is 0. The molecule has 1 N–H and O–H groups in total. The van der Waals surface area contributed by atoms with E-state index < -0.39 is 22.7 Å². The minimum absolute atomic E-state index is 0.156. The van der Waals surface area contributed by atoms with Gasteiger partial charge >= 0.3 is 0 Å². The third kappa shape index (κ3) is 6.18. The second-order valence-electron chi connectivity index (χ2n) is 11.1. The highest BCUT2D eigenvalue weighted by Gasteiger charge is 2.39. The maximum absolute atomic E-state index is 10.7. The van der Waals surface area contributed by atoms with Crippen molar-refractivity contribution in [3.8, 4) is 0 Å². The molecule has 1 rings (SSSR count). The monoisotopic (exact) mass is 424 g/mol. The van der Waals surface area contributed by atoms with Gasteiger partial charge in [0.25, 0.3) is 0 Å². The average Bonchev–Trinajstić information content (AvgIpc) is 2.88. The molecule has 0 saturated heterocycles. The molecule has 3 nitrogen and oxygen atoms in total. The van der Waals surface area contributed by atoms with E-state index in [1.165, 1.54) is 0 Å². The summed E-state index contributed by atoms with van der Waals surface area (Å²) in [5.74, 6) is 0. The zero-order valence-electron chi connectivity index (χ0n) is 20.2. The first-order chi connectivity index (χ1) is 12.5. The van der Waals surface area contributed by atoms with Gasteiger partial charge in [-0.15, -0.1) is 0 Å². The lowest BCUT2D eigenvalue weighted by Crippen LogP contribution is -2.41. The van der Waals surface area contributed by atoms with Gasteiger partial charge in [-0.05, 0) is 72.7 Å². The lowest BCUT2D eigenvalue weighted by Gasteiger charge is -2.36. The molecule has 0 aliphatic heterocycles. The largest absolute Gasteiger partial charge is 0.549 e. The van der Waals surface area contributed by atoms with Gasteiger partial charge in [0.05, 0.1) is 19.0 Å². The number of hydrogen-bond donors (Lipinski definition) is 1. The molecule has 1 saturated carbocycles. The van der Waals surface area contributed by atoms with Crippen molar-refractivity contribution in [1.82, 2.24) is 0 Å². The minimum Gasteiger partial charge on any atom is -0.549 e. The smallest absolute Gasteiger partial charge is 0.249 e. The lowest BCUT2D eigenvalue weighted by atomic mass is 10.0. The molecule has 0 aromatic heterocycles. The molecule has 1 aliphatic rings. The number of aliphatic hydroxyl groups is 1. The fourth-order valence-electron chi connectivity index (χ4n) is 2.61. The van der Waals surface area contributed by atoms with Gasteiger partial charge in [0.15, 0.2) is 8.32 Å². The van der Waals surface area contributed by atoms with Crippen molar-refractivity contribution in [1.29, 1.82) is 0 Å². The predicted octanol–water partition coefficient (Wildman–Crippen LogP) is 6.94. The molecule has 162 valence electrons. The number of hydrogen-bond acceptors (Lipinski definition) is 3. The van der Waals surface area contributed by atoms with Gasteiger partial charge in [-0.2, -0.15) is 0 Å². The molecule has 0 bridgehead atoms. The molecular formula is C23H44O3Si2. The van der Waals surface area contributed by atoms with Gasteiger partial charge in [0.2, 0.25) is 8.32 Å². The minimum atomic E-state index is -1.87. The maximum Gasteiger partial charge on any atom is 0.249 e. The highest BCUT2D eigenvalue weighted by molar-refractivity contribution is 6.74. The lowest BCUT2D eigenvalue weighted by molar-refractivity contribution is 0.215. The van der Waals surface area contributed by atoms with Crippen LogP contribution in [-0.2, 0) is 8.85 Å². The Labute approximate surface area is 176 Å². The third-order valence-electron chi connectivity index (χ3n) is 6.78. The van der Waals surface area contributed by atoms with Gasteiger partial charge in [-0.1, -0.05) is 53.7 Å². The number of aliphatic hydroxyl groups excluding tert-OH is 1. The van der Waals surface area contributed by atoms with Crippen LogP contribution in [0, 0.1) is 0 Å². The summed E-state index contributed by atoms with van der Waals surface area (Å²) in [7, 11) is -3.73. The van der Waals surface area contributed by atoms with E-state index in [4.69, 9.17) is 8.85 Å². The molecule has 1 fully saturated rings. The summed E-state index contributed by atoms with van der Waals surface area (Å²) in [5.41, 5.74) is 3.22. The molecule has 1 aliphatic carbocycles. The molecule has 0 amide bonds. The molecule has 0 heterocycles. The van der Waals surface area contributed by atoms with Gasteiger partial charge < -0.3 is 14.0 Å². The van der Waals surface area contributed by atoms with Crippen LogP contribution in [-0.4, -0.2) is 34.5 Å². The SMILES string of the molecule is C\C=C/C(CO[Si](C)(C)C(C)(C)C)=C1\C(=C\O[Si](C)(C)C(C)(C)C)CCC1O. The van der Waals surface area contributed by atoms with Crippen molar-refractivity contribution in [2.75, 3.05) is 6.61 Å². The zero-order valence-corrected chi connectivity index (χ0v) is 22.2. The highest BCUT2D eigenvalue weighted by atomic mass is 28.4. The second kappa shape index (κ2) is 9.03. The van der Waals surface area contributed by atoms with E-state index in [0.717, 1.165) is 29.6 Å². The van der Waals surface area contributed by atoms with E-state index >= 15 is 0 Å². The zero-order chi connectivity index (χ0) is 22.0. The Morgan fingerprint density at radius 1 is 1.04 bits per heavy atom. The fraction of sp³-hybridized carbons (Fsp3) is 0.739. The van der Waals surface area contributed by atoms with E-state index in [-0.39, 0.29) is 10.1 Å². The second-order valence-corrected chi connectivity index (χ2v) is 20.6. The van der Waals surface area contributed by atoms with Crippen LogP contribution in [0.15, 0.2) is 35.1 Å². The Kier molecular flexibility index (Phi) is 8.19. The van der Waals surface area contributed by atoms with Crippen molar-refractivity contribution in [2.24, 2.45) is 0 Å². The van der Waals surface area contributed by atoms with Crippen LogP contribution in [0.1, 0.15) is 61.3 Å². The van der Waals surface area contributed by atoms with E-state index in [0.29, 0.717) is 6.61 Å². The Morgan fingerprint density at radius 2 is 1.57 bits per heavy atom. The molecule has 0 radical (unpaired) electrons. The van der Waals surface area contributed by atoms with Crippen LogP contribution < -0.4 is 0 Å². The first-order valence-corrected chi connectivity index (χ1v) is 16.4. The fourth-order valence-corrected chi connectivity index (χ4v) is 4.35. The van der Waals surface area contributed by atoms with Gasteiger partial charge in [-0.3, -0.25) is 0 Å². The van der Waals surface area contributed by atoms with Gasteiger partial charge in [0.1, 0.15) is 0 Å². The summed E-state index contributed by atoms with van der Waals surface area (Å²) in [6, 6.07) is 0. The molecule has 1 atom stereocenters. The number of rotatable bonds is 6. The summed E-state index contributed by atoms with van der Waals surface area (Å²) in [4.78, 5) is 0. The van der Waals surface area contributed by atoms with Crippen molar-refractivity contribution in [3.63, 3.8) is 0 Å². The normalized spacial score (nSPS) is 23.0. The summed E-state index contributed by atoms with van der Waals surface area (Å²) in [6.07, 6.45) is 7.24. The van der Waals surface area contributed by atoms with Crippen LogP contribution in [0.5, 0.6) is 0 Å². The molecule has 0 aromatic carbocycles. The molecule has 1 unspecified atom stereocenters. The first kappa shape index (κ1) is 25.4. The van der Waals surface area contributed by atoms with E-state index in [9.17, 15) is 5.11 Å². The van der Waals surface area contributed by atoms with Crippen molar-refractivity contribution < 1.29 is 14.0 Å². The van der Waals surface area contributed by atoms with Crippen LogP contribution >= 0.6 is 0 Å². The Balaban J connectivity index is 3.21. The van der Waals surface area contributed by atoms with Gasteiger partial charge in [-0.25, -0.2) is 0 Å². The Morgan fingerprint density at radius 3 is 2.04 bits per heavy atom. The van der Waals surface area contributed by atoms with Crippen molar-refractivity contribution >= 4 is 16.6 Å². The van der Waals surface area contributed by atoms with E-state index in [2.05, 4.69) is 73.8 Å². The third-order valence-corrected chi connectivity index (χ3v) is 15.6. The predicted molar refractivity (Wildman–Crippen MR) is 127 cm³/mol. The van der Waals surface area contributed by atoms with E-state index in [1.54, 1.807) is 0 Å². The molecule has 28 heavy (non-hydrogen) atoms. The summed E-state index contributed by atoms with van der Waals surface area (Å²) in [5, 5.41) is 11.0. The van der Waals surface area contributed by atoms with Crippen LogP contribution in [0.2, 0.25) is 36.3 Å². The summed E-state index contributed by atoms with van der Waals surface area (Å²) in [6.45, 7) is 25.1. The molecular weight excluding hydrogens is 380 g/mol. The topological polar surface area (TPSA) is 38.7 Å². The molecule has 5 heteroatoms. The summed E-state index contributed by atoms with van der Waals surface area (Å²) < 4.78 is 12.8. The van der Waals surface area contributed by atoms with Crippen molar-refractivity contribution in [2.45, 2.75) is 104 Å². The molecule has 0 spiro atoms. The van der Waals surface area contributed by atoms with Gasteiger partial charge in [0, 0.05) is 0 Å². The highest BCUT2D eigenvalue weighted by Crippen LogP contribution is 2.40. The maximum atomic E-state index is 10.7. The van der Waals surface area contributed by atoms with E-state index in [1.807, 2.05) is 19.3 Å².